The molecule has 1 aromatic heterocycles. The summed E-state index contributed by atoms with van der Waals surface area (Å²) >= 11 is 0. The summed E-state index contributed by atoms with van der Waals surface area (Å²) in [5.74, 6) is 1.19. The summed E-state index contributed by atoms with van der Waals surface area (Å²) in [5.41, 5.74) is 6.59. The number of ether oxygens (including phenoxy) is 1. The van der Waals surface area contributed by atoms with Crippen molar-refractivity contribution in [3.8, 4) is 34.0 Å². The van der Waals surface area contributed by atoms with E-state index in [1.165, 1.54) is 0 Å². The van der Waals surface area contributed by atoms with Gasteiger partial charge in [-0.2, -0.15) is 5.10 Å². The van der Waals surface area contributed by atoms with Crippen LogP contribution in [0.2, 0.25) is 0 Å². The monoisotopic (exact) mass is 396 g/mol. The van der Waals surface area contributed by atoms with Gasteiger partial charge in [0.15, 0.2) is 0 Å². The molecule has 30 heavy (non-hydrogen) atoms. The second kappa shape index (κ2) is 8.87. The lowest BCUT2D eigenvalue weighted by atomic mass is 10.1. The molecule has 0 aliphatic rings. The lowest BCUT2D eigenvalue weighted by molar-refractivity contribution is 0.414. The molecule has 0 aliphatic heterocycles. The molecule has 0 aliphatic carbocycles. The number of benzene rings is 3. The van der Waals surface area contributed by atoms with Crippen molar-refractivity contribution < 1.29 is 9.84 Å². The standard InChI is InChI=1S/C24H20N4O2/c1-30-23-14-8-5-11-18(23)16-25-28-24-26-20(17-9-3-2-4-10-17)15-21(27-24)19-12-6-7-13-22(19)29/h2-16,29H,1H3,(H,26,27,28). The largest absolute Gasteiger partial charge is 0.507 e. The van der Waals surface area contributed by atoms with Crippen LogP contribution in [0.25, 0.3) is 22.5 Å². The van der Waals surface area contributed by atoms with Crippen LogP contribution in [0.1, 0.15) is 5.56 Å². The summed E-state index contributed by atoms with van der Waals surface area (Å²) in [6.07, 6.45) is 1.65. The molecule has 2 N–H and O–H groups in total. The van der Waals surface area contributed by atoms with Gasteiger partial charge in [-0.1, -0.05) is 54.6 Å². The molecule has 0 amide bonds. The number of nitrogens with zero attached hydrogens (tertiary/aromatic N) is 3. The zero-order valence-electron chi connectivity index (χ0n) is 16.4. The van der Waals surface area contributed by atoms with Crippen LogP contribution in [-0.2, 0) is 0 Å². The predicted octanol–water partition coefficient (Wildman–Crippen LogP) is 4.97. The summed E-state index contributed by atoms with van der Waals surface area (Å²) in [4.78, 5) is 9.12. The lowest BCUT2D eigenvalue weighted by Gasteiger charge is -2.09. The molecule has 0 fully saturated rings. The number of rotatable bonds is 6. The predicted molar refractivity (Wildman–Crippen MR) is 119 cm³/mol. The maximum absolute atomic E-state index is 10.3. The smallest absolute Gasteiger partial charge is 0.244 e. The van der Waals surface area contributed by atoms with Crippen LogP contribution in [0.5, 0.6) is 11.5 Å². The summed E-state index contributed by atoms with van der Waals surface area (Å²) < 4.78 is 5.34. The first-order chi connectivity index (χ1) is 14.7. The average Bonchev–Trinajstić information content (AvgIpc) is 2.80. The molecule has 148 valence electrons. The summed E-state index contributed by atoms with van der Waals surface area (Å²) in [7, 11) is 1.62. The highest BCUT2D eigenvalue weighted by Crippen LogP contribution is 2.30. The van der Waals surface area contributed by atoms with E-state index in [0.29, 0.717) is 17.2 Å². The fraction of sp³-hybridized carbons (Fsp3) is 0.0417. The molecule has 0 saturated carbocycles. The summed E-state index contributed by atoms with van der Waals surface area (Å²) in [6.45, 7) is 0. The van der Waals surface area contributed by atoms with Crippen molar-refractivity contribution in [1.29, 1.82) is 0 Å². The van der Waals surface area contributed by atoms with Gasteiger partial charge in [0.1, 0.15) is 11.5 Å². The molecule has 0 saturated heterocycles. The molecular weight excluding hydrogens is 376 g/mol. The van der Waals surface area contributed by atoms with Gasteiger partial charge in [0.25, 0.3) is 0 Å². The molecule has 0 atom stereocenters. The first-order valence-corrected chi connectivity index (χ1v) is 9.39. The van der Waals surface area contributed by atoms with Crippen LogP contribution in [0.3, 0.4) is 0 Å². The van der Waals surface area contributed by atoms with Crippen LogP contribution in [-0.4, -0.2) is 28.4 Å². The van der Waals surface area contributed by atoms with Crippen LogP contribution in [0.15, 0.2) is 90.0 Å². The maximum atomic E-state index is 10.3. The van der Waals surface area contributed by atoms with Crippen molar-refractivity contribution in [3.05, 3.63) is 90.5 Å². The van der Waals surface area contributed by atoms with Crippen molar-refractivity contribution in [1.82, 2.24) is 9.97 Å². The Kier molecular flexibility index (Phi) is 5.66. The highest BCUT2D eigenvalue weighted by molar-refractivity contribution is 5.84. The molecular formula is C24H20N4O2. The summed E-state index contributed by atoms with van der Waals surface area (Å²) in [6, 6.07) is 26.3. The van der Waals surface area contributed by atoms with Gasteiger partial charge >= 0.3 is 0 Å². The minimum atomic E-state index is 0.152. The van der Waals surface area contributed by atoms with E-state index in [0.717, 1.165) is 22.6 Å². The van der Waals surface area contributed by atoms with Gasteiger partial charge in [0, 0.05) is 16.7 Å². The molecule has 6 nitrogen and oxygen atoms in total. The number of methoxy groups -OCH3 is 1. The number of aromatic hydroxyl groups is 1. The Morgan fingerprint density at radius 2 is 1.57 bits per heavy atom. The Morgan fingerprint density at radius 3 is 2.37 bits per heavy atom. The van der Waals surface area contributed by atoms with Crippen molar-refractivity contribution >= 4 is 12.2 Å². The number of anilines is 1. The maximum Gasteiger partial charge on any atom is 0.244 e. The van der Waals surface area contributed by atoms with Gasteiger partial charge in [0.05, 0.1) is 24.7 Å². The Bertz CT molecular complexity index is 1180. The molecule has 0 bridgehead atoms. The molecule has 0 radical (unpaired) electrons. The van der Waals surface area contributed by atoms with Crippen LogP contribution in [0.4, 0.5) is 5.95 Å². The minimum absolute atomic E-state index is 0.152. The van der Waals surface area contributed by atoms with E-state index in [2.05, 4.69) is 20.5 Å². The van der Waals surface area contributed by atoms with E-state index in [1.807, 2.05) is 72.8 Å². The fourth-order valence-electron chi connectivity index (χ4n) is 3.01. The van der Waals surface area contributed by atoms with Gasteiger partial charge in [-0.3, -0.25) is 0 Å². The third-order valence-corrected chi connectivity index (χ3v) is 4.48. The molecule has 4 rings (SSSR count). The highest BCUT2D eigenvalue weighted by Gasteiger charge is 2.11. The van der Waals surface area contributed by atoms with Crippen molar-refractivity contribution in [2.45, 2.75) is 0 Å². The van der Waals surface area contributed by atoms with Gasteiger partial charge < -0.3 is 9.84 Å². The highest BCUT2D eigenvalue weighted by atomic mass is 16.5. The quantitative estimate of drug-likeness (QED) is 0.355. The Labute approximate surface area is 174 Å². The number of phenols is 1. The third kappa shape index (κ3) is 4.28. The minimum Gasteiger partial charge on any atom is -0.507 e. The first kappa shape index (κ1) is 19.1. The summed E-state index contributed by atoms with van der Waals surface area (Å²) in [5, 5.41) is 14.5. The molecule has 1 heterocycles. The second-order valence-corrected chi connectivity index (χ2v) is 6.46. The number of hydrazone groups is 1. The van der Waals surface area contributed by atoms with Crippen molar-refractivity contribution in [2.24, 2.45) is 5.10 Å². The van der Waals surface area contributed by atoms with E-state index in [-0.39, 0.29) is 5.75 Å². The molecule has 3 aromatic carbocycles. The molecule has 0 unspecified atom stereocenters. The number of hydrogen-bond donors (Lipinski definition) is 2. The first-order valence-electron chi connectivity index (χ1n) is 9.39. The Balaban J connectivity index is 1.71. The van der Waals surface area contributed by atoms with E-state index >= 15 is 0 Å². The average molecular weight is 396 g/mol. The van der Waals surface area contributed by atoms with E-state index in [9.17, 15) is 5.11 Å². The number of nitrogens with one attached hydrogen (secondary N) is 1. The number of hydrogen-bond acceptors (Lipinski definition) is 6. The SMILES string of the molecule is COc1ccccc1C=NNc1nc(-c2ccccc2)cc(-c2ccccc2O)n1. The topological polar surface area (TPSA) is 79.6 Å². The lowest BCUT2D eigenvalue weighted by Crippen LogP contribution is -2.01. The zero-order chi connectivity index (χ0) is 20.8. The van der Waals surface area contributed by atoms with Gasteiger partial charge in [0.2, 0.25) is 5.95 Å². The fourth-order valence-corrected chi connectivity index (χ4v) is 3.01. The number of para-hydroxylation sites is 2. The number of aromatic nitrogens is 2. The van der Waals surface area contributed by atoms with Gasteiger partial charge in [-0.05, 0) is 30.3 Å². The molecule has 0 spiro atoms. The van der Waals surface area contributed by atoms with E-state index in [1.54, 1.807) is 25.5 Å². The Hall–Kier alpha value is -4.19. The third-order valence-electron chi connectivity index (χ3n) is 4.48. The second-order valence-electron chi connectivity index (χ2n) is 6.46. The van der Waals surface area contributed by atoms with Crippen LogP contribution < -0.4 is 10.2 Å². The number of phenolic OH excluding ortho intramolecular Hbond substituents is 1. The van der Waals surface area contributed by atoms with Crippen molar-refractivity contribution in [3.63, 3.8) is 0 Å². The normalized spacial score (nSPS) is 10.8. The molecule has 4 aromatic rings. The Morgan fingerprint density at radius 1 is 0.867 bits per heavy atom. The zero-order valence-corrected chi connectivity index (χ0v) is 16.4. The van der Waals surface area contributed by atoms with Gasteiger partial charge in [-0.15, -0.1) is 0 Å². The van der Waals surface area contributed by atoms with Crippen molar-refractivity contribution in [2.75, 3.05) is 12.5 Å². The van der Waals surface area contributed by atoms with Crippen LogP contribution in [0, 0.1) is 0 Å². The van der Waals surface area contributed by atoms with E-state index in [4.69, 9.17) is 4.74 Å². The van der Waals surface area contributed by atoms with Crippen LogP contribution >= 0.6 is 0 Å². The van der Waals surface area contributed by atoms with E-state index < -0.39 is 0 Å². The molecule has 6 heteroatoms. The van der Waals surface area contributed by atoms with Gasteiger partial charge in [-0.25, -0.2) is 15.4 Å².